The van der Waals surface area contributed by atoms with Gasteiger partial charge in [-0.05, 0) is 71.4 Å². The molecule has 2 bridgehead atoms. The molecule has 0 spiro atoms. The van der Waals surface area contributed by atoms with Gasteiger partial charge in [0, 0.05) is 5.02 Å². The summed E-state index contributed by atoms with van der Waals surface area (Å²) < 4.78 is 0. The molecule has 2 aromatic carbocycles. The molecule has 0 nitrogen and oxygen atoms in total. The number of hydrogen-bond acceptors (Lipinski definition) is 0. The molecule has 0 heterocycles. The van der Waals surface area contributed by atoms with E-state index in [0.29, 0.717) is 0 Å². The Morgan fingerprint density at radius 3 is 2.00 bits per heavy atom. The molecule has 0 radical (unpaired) electrons. The van der Waals surface area contributed by atoms with Crippen molar-refractivity contribution in [3.8, 4) is 11.1 Å². The third kappa shape index (κ3) is 3.26. The Morgan fingerprint density at radius 1 is 0.833 bits per heavy atom. The first-order valence-electron chi connectivity index (χ1n) is 9.61. The molecule has 3 fully saturated rings. The molecule has 3 aliphatic rings. The highest BCUT2D eigenvalue weighted by atomic mass is 35.5. The van der Waals surface area contributed by atoms with Crippen LogP contribution in [-0.2, 0) is 6.42 Å². The van der Waals surface area contributed by atoms with E-state index in [2.05, 4.69) is 37.3 Å². The van der Waals surface area contributed by atoms with Gasteiger partial charge in [-0.3, -0.25) is 0 Å². The molecule has 24 heavy (non-hydrogen) atoms. The van der Waals surface area contributed by atoms with Crippen molar-refractivity contribution in [2.45, 2.75) is 57.8 Å². The molecule has 0 amide bonds. The Morgan fingerprint density at radius 2 is 1.42 bits per heavy atom. The van der Waals surface area contributed by atoms with E-state index in [1.165, 1.54) is 49.7 Å². The second-order valence-electron chi connectivity index (χ2n) is 7.83. The van der Waals surface area contributed by atoms with E-state index in [0.717, 1.165) is 29.2 Å². The van der Waals surface area contributed by atoms with Crippen molar-refractivity contribution in [2.24, 2.45) is 11.8 Å². The quantitative estimate of drug-likeness (QED) is 0.552. The van der Waals surface area contributed by atoms with Crippen LogP contribution in [-0.4, -0.2) is 0 Å². The summed E-state index contributed by atoms with van der Waals surface area (Å²) in [5, 5.41) is 0.810. The largest absolute Gasteiger partial charge is 0.0843 e. The number of halogens is 1. The van der Waals surface area contributed by atoms with Crippen molar-refractivity contribution in [1.82, 2.24) is 0 Å². The minimum Gasteiger partial charge on any atom is -0.0843 e. The third-order valence-corrected chi connectivity index (χ3v) is 6.60. The van der Waals surface area contributed by atoms with Crippen LogP contribution in [0.1, 0.15) is 62.5 Å². The maximum atomic E-state index is 6.06. The molecule has 0 aliphatic heterocycles. The molecule has 0 N–H and O–H groups in total. The predicted molar refractivity (Wildman–Crippen MR) is 104 cm³/mol. The molecular formula is C23H27Cl. The molecule has 126 valence electrons. The minimum atomic E-state index is 0.771. The summed E-state index contributed by atoms with van der Waals surface area (Å²) in [6, 6.07) is 15.4. The number of hydrogen-bond donors (Lipinski definition) is 0. The highest BCUT2D eigenvalue weighted by Gasteiger charge is 2.32. The Labute approximate surface area is 151 Å². The fourth-order valence-corrected chi connectivity index (χ4v) is 5.10. The normalized spacial score (nSPS) is 26.3. The zero-order chi connectivity index (χ0) is 16.5. The van der Waals surface area contributed by atoms with Crippen LogP contribution in [0.2, 0.25) is 5.02 Å². The Kier molecular flexibility index (Phi) is 4.68. The van der Waals surface area contributed by atoms with Crippen LogP contribution in [0, 0.1) is 11.8 Å². The van der Waals surface area contributed by atoms with Gasteiger partial charge in [0.1, 0.15) is 0 Å². The second kappa shape index (κ2) is 6.92. The first-order valence-corrected chi connectivity index (χ1v) is 9.99. The molecule has 0 unspecified atom stereocenters. The van der Waals surface area contributed by atoms with Gasteiger partial charge in [0.15, 0.2) is 0 Å². The highest BCUT2D eigenvalue weighted by Crippen LogP contribution is 2.46. The third-order valence-electron chi connectivity index (χ3n) is 6.35. The average Bonchev–Trinajstić information content (AvgIpc) is 2.95. The average molecular weight is 339 g/mol. The van der Waals surface area contributed by atoms with Crippen molar-refractivity contribution >= 4 is 11.6 Å². The van der Waals surface area contributed by atoms with Crippen molar-refractivity contribution < 1.29 is 0 Å². The number of aryl methyl sites for hydroxylation is 1. The number of benzene rings is 2. The van der Waals surface area contributed by atoms with Gasteiger partial charge < -0.3 is 0 Å². The van der Waals surface area contributed by atoms with E-state index >= 15 is 0 Å². The lowest BCUT2D eigenvalue weighted by atomic mass is 9.83. The van der Waals surface area contributed by atoms with Gasteiger partial charge in [0.25, 0.3) is 0 Å². The fraction of sp³-hybridized carbons (Fsp3) is 0.478. The zero-order valence-electron chi connectivity index (χ0n) is 14.6. The van der Waals surface area contributed by atoms with Crippen LogP contribution in [0.3, 0.4) is 0 Å². The Bertz CT molecular complexity index is 678. The maximum Gasteiger partial charge on any atom is 0.0406 e. The lowest BCUT2D eigenvalue weighted by Crippen LogP contribution is -2.08. The van der Waals surface area contributed by atoms with Gasteiger partial charge in [-0.25, -0.2) is 0 Å². The van der Waals surface area contributed by atoms with Gasteiger partial charge in [-0.2, -0.15) is 0 Å². The zero-order valence-corrected chi connectivity index (χ0v) is 15.4. The van der Waals surface area contributed by atoms with E-state index in [-0.39, 0.29) is 0 Å². The molecule has 1 heteroatoms. The summed E-state index contributed by atoms with van der Waals surface area (Å²) in [5.74, 6) is 2.71. The van der Waals surface area contributed by atoms with Crippen LogP contribution in [0.15, 0.2) is 42.5 Å². The van der Waals surface area contributed by atoms with Gasteiger partial charge in [0.2, 0.25) is 0 Å². The summed E-state index contributed by atoms with van der Waals surface area (Å²) in [5.41, 5.74) is 5.80. The van der Waals surface area contributed by atoms with Crippen molar-refractivity contribution in [3.05, 3.63) is 58.6 Å². The first-order chi connectivity index (χ1) is 11.7. The van der Waals surface area contributed by atoms with Crippen LogP contribution < -0.4 is 0 Å². The first kappa shape index (κ1) is 16.2. The SMILES string of the molecule is CCc1ccc(-c2ccc(Cl)cc2)cc1C1CC2CCC(CC2)C1. The standard InChI is InChI=1S/C23H27Cl/c1-2-18-7-8-20(19-9-11-22(24)12-10-19)15-23(18)21-13-16-3-4-17(14-21)6-5-16/h7-12,15-17,21H,2-6,13-14H2,1H3. The summed E-state index contributed by atoms with van der Waals surface area (Å²) in [6.45, 7) is 2.30. The molecular weight excluding hydrogens is 312 g/mol. The summed E-state index contributed by atoms with van der Waals surface area (Å²) in [6.07, 6.45) is 9.85. The van der Waals surface area contributed by atoms with Gasteiger partial charge in [0.05, 0.1) is 0 Å². The van der Waals surface area contributed by atoms with E-state index < -0.39 is 0 Å². The summed E-state index contributed by atoms with van der Waals surface area (Å²) >= 11 is 6.06. The van der Waals surface area contributed by atoms with Crippen LogP contribution in [0.4, 0.5) is 0 Å². The van der Waals surface area contributed by atoms with Crippen LogP contribution in [0.25, 0.3) is 11.1 Å². The van der Waals surface area contributed by atoms with Crippen LogP contribution in [0.5, 0.6) is 0 Å². The number of rotatable bonds is 3. The summed E-state index contributed by atoms with van der Waals surface area (Å²) in [4.78, 5) is 0. The fourth-order valence-electron chi connectivity index (χ4n) is 4.98. The Hall–Kier alpha value is -1.27. The summed E-state index contributed by atoms with van der Waals surface area (Å²) in [7, 11) is 0. The van der Waals surface area contributed by atoms with Gasteiger partial charge >= 0.3 is 0 Å². The van der Waals surface area contributed by atoms with Crippen LogP contribution >= 0.6 is 11.6 Å². The van der Waals surface area contributed by atoms with Crippen molar-refractivity contribution in [2.75, 3.05) is 0 Å². The van der Waals surface area contributed by atoms with E-state index in [4.69, 9.17) is 11.6 Å². The smallest absolute Gasteiger partial charge is 0.0406 e. The molecule has 0 aromatic heterocycles. The molecule has 2 aromatic rings. The van der Waals surface area contributed by atoms with E-state index in [1.54, 1.807) is 11.1 Å². The Balaban J connectivity index is 1.70. The lowest BCUT2D eigenvalue weighted by molar-refractivity contribution is 0.308. The topological polar surface area (TPSA) is 0 Å². The maximum absolute atomic E-state index is 6.06. The molecule has 0 atom stereocenters. The van der Waals surface area contributed by atoms with E-state index in [1.807, 2.05) is 12.1 Å². The molecule has 3 aliphatic carbocycles. The molecule has 5 rings (SSSR count). The minimum absolute atomic E-state index is 0.771. The van der Waals surface area contributed by atoms with Gasteiger partial charge in [-0.1, -0.05) is 74.5 Å². The second-order valence-corrected chi connectivity index (χ2v) is 8.27. The van der Waals surface area contributed by atoms with Gasteiger partial charge in [-0.15, -0.1) is 0 Å². The predicted octanol–water partition coefficient (Wildman–Crippen LogP) is 7.25. The monoisotopic (exact) mass is 338 g/mol. The lowest BCUT2D eigenvalue weighted by Gasteiger charge is -2.22. The molecule has 0 saturated heterocycles. The van der Waals surface area contributed by atoms with E-state index in [9.17, 15) is 0 Å². The van der Waals surface area contributed by atoms with Crippen molar-refractivity contribution in [1.29, 1.82) is 0 Å². The highest BCUT2D eigenvalue weighted by molar-refractivity contribution is 6.30. The van der Waals surface area contributed by atoms with Crippen molar-refractivity contribution in [3.63, 3.8) is 0 Å². The number of fused-ring (bicyclic) bond motifs is 4. The molecule has 3 saturated carbocycles.